The van der Waals surface area contributed by atoms with Crippen molar-refractivity contribution in [1.82, 2.24) is 4.31 Å². The van der Waals surface area contributed by atoms with Crippen molar-refractivity contribution in [2.45, 2.75) is 32.1 Å². The Balaban J connectivity index is 1.81. The number of nitrogens with two attached hydrogens (primary N) is 1. The Morgan fingerprint density at radius 1 is 1.06 bits per heavy atom. The SMILES string of the molecule is NCC1CCN(S(=O)(=O)CCC2CC2)CC1. The first-order chi connectivity index (χ1) is 7.62. The Kier molecular flexibility index (Phi) is 3.87. The summed E-state index contributed by atoms with van der Waals surface area (Å²) in [7, 11) is -2.98. The molecule has 0 aromatic carbocycles. The molecule has 16 heavy (non-hydrogen) atoms. The number of hydrogen-bond donors (Lipinski definition) is 1. The van der Waals surface area contributed by atoms with E-state index in [0.717, 1.165) is 19.3 Å². The molecule has 0 aromatic heterocycles. The molecule has 0 aromatic rings. The second kappa shape index (κ2) is 5.02. The van der Waals surface area contributed by atoms with Gasteiger partial charge in [0.25, 0.3) is 0 Å². The highest BCUT2D eigenvalue weighted by Crippen LogP contribution is 2.33. The fourth-order valence-corrected chi connectivity index (χ4v) is 3.93. The molecule has 1 aliphatic carbocycles. The summed E-state index contributed by atoms with van der Waals surface area (Å²) in [5, 5.41) is 0. The van der Waals surface area contributed by atoms with Crippen LogP contribution in [0.25, 0.3) is 0 Å². The number of piperidine rings is 1. The predicted octanol–water partition coefficient (Wildman–Crippen LogP) is 0.787. The molecule has 2 aliphatic rings. The lowest BCUT2D eigenvalue weighted by molar-refractivity contribution is 0.278. The summed E-state index contributed by atoms with van der Waals surface area (Å²) < 4.78 is 25.7. The Bertz CT molecular complexity index is 317. The van der Waals surface area contributed by atoms with Gasteiger partial charge in [-0.2, -0.15) is 0 Å². The van der Waals surface area contributed by atoms with Gasteiger partial charge in [-0.1, -0.05) is 12.8 Å². The summed E-state index contributed by atoms with van der Waals surface area (Å²) in [5.41, 5.74) is 5.60. The topological polar surface area (TPSA) is 63.4 Å². The van der Waals surface area contributed by atoms with Gasteiger partial charge in [-0.15, -0.1) is 0 Å². The average molecular weight is 246 g/mol. The Morgan fingerprint density at radius 3 is 2.19 bits per heavy atom. The monoisotopic (exact) mass is 246 g/mol. The molecule has 0 spiro atoms. The average Bonchev–Trinajstić information content (AvgIpc) is 3.10. The van der Waals surface area contributed by atoms with E-state index in [0.29, 0.717) is 37.2 Å². The van der Waals surface area contributed by atoms with Gasteiger partial charge in [0.1, 0.15) is 0 Å². The lowest BCUT2D eigenvalue weighted by atomic mass is 9.99. The molecule has 2 fully saturated rings. The van der Waals surface area contributed by atoms with Gasteiger partial charge in [0.15, 0.2) is 0 Å². The molecule has 2 N–H and O–H groups in total. The van der Waals surface area contributed by atoms with Crippen LogP contribution in [-0.4, -0.2) is 38.1 Å². The minimum absolute atomic E-state index is 0.352. The van der Waals surface area contributed by atoms with Crippen LogP contribution >= 0.6 is 0 Å². The van der Waals surface area contributed by atoms with Crippen molar-refractivity contribution >= 4 is 10.0 Å². The van der Waals surface area contributed by atoms with Gasteiger partial charge in [-0.3, -0.25) is 0 Å². The molecular formula is C11H22N2O2S. The van der Waals surface area contributed by atoms with E-state index in [1.807, 2.05) is 0 Å². The van der Waals surface area contributed by atoms with Gasteiger partial charge in [0.2, 0.25) is 10.0 Å². The maximum Gasteiger partial charge on any atom is 0.214 e. The predicted molar refractivity (Wildman–Crippen MR) is 64.5 cm³/mol. The van der Waals surface area contributed by atoms with Crippen molar-refractivity contribution in [3.63, 3.8) is 0 Å². The van der Waals surface area contributed by atoms with Gasteiger partial charge in [0, 0.05) is 13.1 Å². The lowest BCUT2D eigenvalue weighted by Crippen LogP contribution is -2.41. The van der Waals surface area contributed by atoms with Crippen LogP contribution in [0.4, 0.5) is 0 Å². The fourth-order valence-electron chi connectivity index (χ4n) is 2.27. The molecule has 0 bridgehead atoms. The molecule has 0 unspecified atom stereocenters. The van der Waals surface area contributed by atoms with Gasteiger partial charge < -0.3 is 5.73 Å². The second-order valence-electron chi connectivity index (χ2n) is 5.13. The summed E-state index contributed by atoms with van der Waals surface area (Å²) in [6, 6.07) is 0. The zero-order chi connectivity index (χ0) is 11.6. The summed E-state index contributed by atoms with van der Waals surface area (Å²) in [6.07, 6.45) is 5.17. The van der Waals surface area contributed by atoms with Crippen LogP contribution in [0.2, 0.25) is 0 Å². The first-order valence-corrected chi connectivity index (χ1v) is 7.90. The van der Waals surface area contributed by atoms with Crippen molar-refractivity contribution < 1.29 is 8.42 Å². The van der Waals surface area contributed by atoms with Crippen molar-refractivity contribution in [3.8, 4) is 0 Å². The van der Waals surface area contributed by atoms with Crippen LogP contribution in [0.5, 0.6) is 0 Å². The van der Waals surface area contributed by atoms with E-state index in [1.54, 1.807) is 4.31 Å². The Morgan fingerprint density at radius 2 is 1.69 bits per heavy atom. The van der Waals surface area contributed by atoms with Crippen molar-refractivity contribution in [2.24, 2.45) is 17.6 Å². The third-order valence-electron chi connectivity index (χ3n) is 3.78. The number of sulfonamides is 1. The summed E-state index contributed by atoms with van der Waals surface area (Å²) in [4.78, 5) is 0. The summed E-state index contributed by atoms with van der Waals surface area (Å²) in [5.74, 6) is 1.57. The molecule has 0 amide bonds. The van der Waals surface area contributed by atoms with E-state index in [-0.39, 0.29) is 0 Å². The lowest BCUT2D eigenvalue weighted by Gasteiger charge is -2.30. The highest BCUT2D eigenvalue weighted by Gasteiger charge is 2.30. The smallest absolute Gasteiger partial charge is 0.214 e. The minimum Gasteiger partial charge on any atom is -0.330 e. The van der Waals surface area contributed by atoms with Crippen molar-refractivity contribution in [3.05, 3.63) is 0 Å². The van der Waals surface area contributed by atoms with E-state index in [4.69, 9.17) is 5.73 Å². The van der Waals surface area contributed by atoms with E-state index in [2.05, 4.69) is 0 Å². The van der Waals surface area contributed by atoms with Crippen LogP contribution in [0, 0.1) is 11.8 Å². The first kappa shape index (κ1) is 12.3. The first-order valence-electron chi connectivity index (χ1n) is 6.29. The van der Waals surface area contributed by atoms with Crippen LogP contribution in [0.1, 0.15) is 32.1 Å². The number of nitrogens with zero attached hydrogens (tertiary/aromatic N) is 1. The molecule has 1 saturated carbocycles. The third kappa shape index (κ3) is 3.18. The molecule has 0 radical (unpaired) electrons. The minimum atomic E-state index is -2.98. The zero-order valence-corrected chi connectivity index (χ0v) is 10.6. The van der Waals surface area contributed by atoms with Crippen LogP contribution in [0.15, 0.2) is 0 Å². The van der Waals surface area contributed by atoms with E-state index in [1.165, 1.54) is 12.8 Å². The maximum atomic E-state index is 12.0. The number of hydrogen-bond acceptors (Lipinski definition) is 3. The fraction of sp³-hybridized carbons (Fsp3) is 1.00. The molecule has 5 heteroatoms. The second-order valence-corrected chi connectivity index (χ2v) is 7.21. The number of rotatable bonds is 5. The Labute approximate surface area is 98.2 Å². The Hall–Kier alpha value is -0.130. The van der Waals surface area contributed by atoms with Crippen LogP contribution in [-0.2, 0) is 10.0 Å². The van der Waals surface area contributed by atoms with Crippen molar-refractivity contribution in [2.75, 3.05) is 25.4 Å². The highest BCUT2D eigenvalue weighted by atomic mass is 32.2. The molecule has 94 valence electrons. The molecular weight excluding hydrogens is 224 g/mol. The summed E-state index contributed by atoms with van der Waals surface area (Å²) >= 11 is 0. The van der Waals surface area contributed by atoms with Crippen molar-refractivity contribution in [1.29, 1.82) is 0 Å². The molecule has 0 atom stereocenters. The van der Waals surface area contributed by atoms with Crippen LogP contribution < -0.4 is 5.73 Å². The van der Waals surface area contributed by atoms with Crippen LogP contribution in [0.3, 0.4) is 0 Å². The quantitative estimate of drug-likeness (QED) is 0.780. The molecule has 1 heterocycles. The molecule has 1 aliphatic heterocycles. The van der Waals surface area contributed by atoms with Gasteiger partial charge in [-0.05, 0) is 37.6 Å². The standard InChI is InChI=1S/C11H22N2O2S/c12-9-11-3-6-13(7-4-11)16(14,15)8-5-10-1-2-10/h10-11H,1-9,12H2. The molecule has 1 saturated heterocycles. The maximum absolute atomic E-state index is 12.0. The van der Waals surface area contributed by atoms with Gasteiger partial charge >= 0.3 is 0 Å². The van der Waals surface area contributed by atoms with E-state index in [9.17, 15) is 8.42 Å². The summed E-state index contributed by atoms with van der Waals surface area (Å²) in [6.45, 7) is 2.04. The molecule has 4 nitrogen and oxygen atoms in total. The third-order valence-corrected chi connectivity index (χ3v) is 5.68. The van der Waals surface area contributed by atoms with E-state index < -0.39 is 10.0 Å². The zero-order valence-electron chi connectivity index (χ0n) is 9.77. The highest BCUT2D eigenvalue weighted by molar-refractivity contribution is 7.89. The largest absolute Gasteiger partial charge is 0.330 e. The van der Waals surface area contributed by atoms with Gasteiger partial charge in [-0.25, -0.2) is 12.7 Å². The molecule has 2 rings (SSSR count). The normalized spacial score (nSPS) is 24.8. The van der Waals surface area contributed by atoms with E-state index >= 15 is 0 Å². The van der Waals surface area contributed by atoms with Gasteiger partial charge in [0.05, 0.1) is 5.75 Å².